The van der Waals surface area contributed by atoms with Crippen LogP contribution in [0, 0.1) is 0 Å². The maximum absolute atomic E-state index is 12.6. The molecule has 1 aliphatic heterocycles. The van der Waals surface area contributed by atoms with Crippen molar-refractivity contribution < 1.29 is 9.53 Å². The van der Waals surface area contributed by atoms with Gasteiger partial charge in [-0.25, -0.2) is 0 Å². The first-order valence-electron chi connectivity index (χ1n) is 8.37. The van der Waals surface area contributed by atoms with Gasteiger partial charge in [0.2, 0.25) is 0 Å². The molecule has 2 rings (SSSR count). The third kappa shape index (κ3) is 3.73. The molecular weight excluding hydrogens is 252 g/mol. The minimum absolute atomic E-state index is 0.0233. The molecule has 116 valence electrons. The van der Waals surface area contributed by atoms with Gasteiger partial charge in [0.1, 0.15) is 5.54 Å². The second kappa shape index (κ2) is 7.41. The van der Waals surface area contributed by atoms with E-state index in [2.05, 4.69) is 17.1 Å². The fourth-order valence-electron chi connectivity index (χ4n) is 3.64. The summed E-state index contributed by atoms with van der Waals surface area (Å²) in [5.74, 6) is -0.0233. The number of nitrogens with one attached hydrogen (secondary N) is 1. The average Bonchev–Trinajstić information content (AvgIpc) is 2.85. The minimum Gasteiger partial charge on any atom is -0.465 e. The Morgan fingerprint density at radius 2 is 1.95 bits per heavy atom. The lowest BCUT2D eigenvalue weighted by Crippen LogP contribution is -2.56. The summed E-state index contributed by atoms with van der Waals surface area (Å²) in [6, 6.07) is 0.507. The van der Waals surface area contributed by atoms with E-state index < -0.39 is 5.54 Å². The topological polar surface area (TPSA) is 41.6 Å². The van der Waals surface area contributed by atoms with Crippen molar-refractivity contribution in [1.82, 2.24) is 10.2 Å². The Kier molecular flexibility index (Phi) is 5.85. The molecule has 0 aromatic carbocycles. The molecule has 1 saturated heterocycles. The maximum atomic E-state index is 12.6. The number of nitrogens with zero attached hydrogens (tertiary/aromatic N) is 1. The van der Waals surface area contributed by atoms with Crippen molar-refractivity contribution in [2.24, 2.45) is 0 Å². The normalized spacial score (nSPS) is 29.3. The van der Waals surface area contributed by atoms with Crippen molar-refractivity contribution >= 4 is 5.97 Å². The molecular formula is C16H30N2O2. The van der Waals surface area contributed by atoms with Gasteiger partial charge in [-0.05, 0) is 52.1 Å². The number of rotatable bonds is 5. The molecule has 4 nitrogen and oxygen atoms in total. The van der Waals surface area contributed by atoms with Crippen LogP contribution in [0.5, 0.6) is 0 Å². The van der Waals surface area contributed by atoms with Crippen molar-refractivity contribution in [2.45, 2.75) is 70.4 Å². The van der Waals surface area contributed by atoms with Gasteiger partial charge in [-0.2, -0.15) is 0 Å². The van der Waals surface area contributed by atoms with E-state index in [0.29, 0.717) is 12.6 Å². The Morgan fingerprint density at radius 3 is 2.60 bits per heavy atom. The molecule has 1 unspecified atom stereocenters. The summed E-state index contributed by atoms with van der Waals surface area (Å²) >= 11 is 0. The lowest BCUT2D eigenvalue weighted by molar-refractivity contribution is -0.152. The molecule has 2 fully saturated rings. The van der Waals surface area contributed by atoms with E-state index in [1.54, 1.807) is 0 Å². The van der Waals surface area contributed by atoms with Gasteiger partial charge in [0, 0.05) is 12.6 Å². The Bertz CT molecular complexity index is 316. The summed E-state index contributed by atoms with van der Waals surface area (Å²) in [6.45, 7) is 7.74. The van der Waals surface area contributed by atoms with Crippen LogP contribution in [0.25, 0.3) is 0 Å². The fraction of sp³-hybridized carbons (Fsp3) is 0.938. The van der Waals surface area contributed by atoms with Crippen LogP contribution >= 0.6 is 0 Å². The number of carbonyl (C=O) groups excluding carboxylic acids is 1. The Labute approximate surface area is 123 Å². The predicted molar refractivity (Wildman–Crippen MR) is 80.7 cm³/mol. The maximum Gasteiger partial charge on any atom is 0.326 e. The van der Waals surface area contributed by atoms with E-state index in [4.69, 9.17) is 4.74 Å². The van der Waals surface area contributed by atoms with Crippen molar-refractivity contribution in [2.75, 3.05) is 26.2 Å². The number of esters is 1. The van der Waals surface area contributed by atoms with Crippen LogP contribution in [0.2, 0.25) is 0 Å². The molecule has 1 atom stereocenters. The van der Waals surface area contributed by atoms with Gasteiger partial charge in [0.25, 0.3) is 0 Å². The highest BCUT2D eigenvalue weighted by atomic mass is 16.5. The molecule has 0 aromatic heterocycles. The summed E-state index contributed by atoms with van der Waals surface area (Å²) in [4.78, 5) is 15.0. The number of hydrogen-bond donors (Lipinski definition) is 1. The van der Waals surface area contributed by atoms with Gasteiger partial charge in [-0.3, -0.25) is 10.1 Å². The van der Waals surface area contributed by atoms with E-state index >= 15 is 0 Å². The molecule has 4 heteroatoms. The summed E-state index contributed by atoms with van der Waals surface area (Å²) < 4.78 is 5.40. The van der Waals surface area contributed by atoms with E-state index in [1.165, 1.54) is 25.7 Å². The van der Waals surface area contributed by atoms with Crippen LogP contribution in [0.3, 0.4) is 0 Å². The van der Waals surface area contributed by atoms with Crippen LogP contribution in [0.15, 0.2) is 0 Å². The summed E-state index contributed by atoms with van der Waals surface area (Å²) in [7, 11) is 0. The zero-order valence-corrected chi connectivity index (χ0v) is 13.1. The monoisotopic (exact) mass is 282 g/mol. The highest BCUT2D eigenvalue weighted by molar-refractivity contribution is 5.81. The van der Waals surface area contributed by atoms with Gasteiger partial charge < -0.3 is 9.64 Å². The lowest BCUT2D eigenvalue weighted by Gasteiger charge is -2.34. The first-order chi connectivity index (χ1) is 9.70. The van der Waals surface area contributed by atoms with Crippen molar-refractivity contribution in [1.29, 1.82) is 0 Å². The van der Waals surface area contributed by atoms with Crippen molar-refractivity contribution in [3.05, 3.63) is 0 Å². The number of ether oxygens (including phenoxy) is 1. The minimum atomic E-state index is -0.436. The van der Waals surface area contributed by atoms with Gasteiger partial charge in [0.15, 0.2) is 0 Å². The van der Waals surface area contributed by atoms with Crippen LogP contribution in [0.4, 0.5) is 0 Å². The molecule has 1 N–H and O–H groups in total. The van der Waals surface area contributed by atoms with Gasteiger partial charge in [-0.1, -0.05) is 19.8 Å². The smallest absolute Gasteiger partial charge is 0.326 e. The SMILES string of the molecule is CCOC(=O)C1(NC2CCCC2)CCCN(CC)CC1. The largest absolute Gasteiger partial charge is 0.465 e. The molecule has 0 amide bonds. The highest BCUT2D eigenvalue weighted by Gasteiger charge is 2.42. The fourth-order valence-corrected chi connectivity index (χ4v) is 3.64. The van der Waals surface area contributed by atoms with E-state index in [0.717, 1.165) is 38.9 Å². The number of carbonyl (C=O) groups is 1. The van der Waals surface area contributed by atoms with Crippen molar-refractivity contribution in [3.8, 4) is 0 Å². The Balaban J connectivity index is 2.07. The van der Waals surface area contributed by atoms with Crippen LogP contribution in [-0.4, -0.2) is 48.7 Å². The molecule has 0 radical (unpaired) electrons. The van der Waals surface area contributed by atoms with Gasteiger partial charge >= 0.3 is 5.97 Å². The summed E-state index contributed by atoms with van der Waals surface area (Å²) in [5, 5.41) is 3.70. The van der Waals surface area contributed by atoms with E-state index in [1.807, 2.05) is 6.92 Å². The first kappa shape index (κ1) is 15.8. The third-order valence-electron chi connectivity index (χ3n) is 4.88. The lowest BCUT2D eigenvalue weighted by atomic mass is 9.89. The molecule has 0 bridgehead atoms. The second-order valence-electron chi connectivity index (χ2n) is 6.22. The zero-order chi connectivity index (χ0) is 14.4. The third-order valence-corrected chi connectivity index (χ3v) is 4.88. The van der Waals surface area contributed by atoms with Crippen molar-refractivity contribution in [3.63, 3.8) is 0 Å². The molecule has 20 heavy (non-hydrogen) atoms. The molecule has 1 saturated carbocycles. The summed E-state index contributed by atoms with van der Waals surface area (Å²) in [5.41, 5.74) is -0.436. The quantitative estimate of drug-likeness (QED) is 0.786. The number of hydrogen-bond acceptors (Lipinski definition) is 4. The van der Waals surface area contributed by atoms with E-state index in [-0.39, 0.29) is 5.97 Å². The molecule has 2 aliphatic rings. The zero-order valence-electron chi connectivity index (χ0n) is 13.1. The van der Waals surface area contributed by atoms with Gasteiger partial charge in [-0.15, -0.1) is 0 Å². The average molecular weight is 282 g/mol. The second-order valence-corrected chi connectivity index (χ2v) is 6.22. The van der Waals surface area contributed by atoms with E-state index in [9.17, 15) is 4.79 Å². The van der Waals surface area contributed by atoms with Crippen LogP contribution < -0.4 is 5.32 Å². The molecule has 1 aliphatic carbocycles. The molecule has 0 spiro atoms. The van der Waals surface area contributed by atoms with Crippen LogP contribution in [0.1, 0.15) is 58.8 Å². The first-order valence-corrected chi connectivity index (χ1v) is 8.37. The Morgan fingerprint density at radius 1 is 1.20 bits per heavy atom. The predicted octanol–water partition coefficient (Wildman–Crippen LogP) is 2.33. The van der Waals surface area contributed by atoms with Crippen LogP contribution in [-0.2, 0) is 9.53 Å². The molecule has 0 aromatic rings. The van der Waals surface area contributed by atoms with Gasteiger partial charge in [0.05, 0.1) is 6.61 Å². The number of likely N-dealkylation sites (tertiary alicyclic amines) is 1. The standard InChI is InChI=1S/C16H30N2O2/c1-3-18-12-7-10-16(11-13-18,15(19)20-4-2)17-14-8-5-6-9-14/h14,17H,3-13H2,1-2H3. The summed E-state index contributed by atoms with van der Waals surface area (Å²) in [6.07, 6.45) is 7.87. The molecule has 1 heterocycles. The highest BCUT2D eigenvalue weighted by Crippen LogP contribution is 2.28. The Hall–Kier alpha value is -0.610.